The van der Waals surface area contributed by atoms with E-state index in [0.717, 1.165) is 16.9 Å². The SMILES string of the molecule is COc1ccccc1N1C[C@@H](C(=O)Nc2ccc3nc(C)[nH]c3c2)CC1=O. The molecule has 1 fully saturated rings. The number of aromatic amines is 1. The second-order valence-corrected chi connectivity index (χ2v) is 6.62. The number of rotatable bonds is 4. The van der Waals surface area contributed by atoms with Crippen LogP contribution in [0.5, 0.6) is 5.75 Å². The van der Waals surface area contributed by atoms with Gasteiger partial charge in [0.15, 0.2) is 0 Å². The Morgan fingerprint density at radius 3 is 2.93 bits per heavy atom. The number of H-pyrrole nitrogens is 1. The van der Waals surface area contributed by atoms with Crippen molar-refractivity contribution in [1.82, 2.24) is 9.97 Å². The van der Waals surface area contributed by atoms with Crippen LogP contribution < -0.4 is 15.0 Å². The van der Waals surface area contributed by atoms with Crippen LogP contribution in [0.4, 0.5) is 11.4 Å². The molecule has 1 aromatic heterocycles. The summed E-state index contributed by atoms with van der Waals surface area (Å²) in [6, 6.07) is 12.8. The normalized spacial score (nSPS) is 16.7. The summed E-state index contributed by atoms with van der Waals surface area (Å²) in [4.78, 5) is 34.3. The molecule has 1 aliphatic heterocycles. The van der Waals surface area contributed by atoms with Gasteiger partial charge >= 0.3 is 0 Å². The number of nitrogens with zero attached hydrogens (tertiary/aromatic N) is 2. The standard InChI is InChI=1S/C20H20N4O3/c1-12-21-15-8-7-14(10-16(15)22-12)23-20(26)13-9-19(25)24(11-13)17-5-3-4-6-18(17)27-2/h3-8,10,13H,9,11H2,1-2H3,(H,21,22)(H,23,26)/t13-/m0/s1. The highest BCUT2D eigenvalue weighted by atomic mass is 16.5. The molecule has 0 spiro atoms. The van der Waals surface area contributed by atoms with E-state index in [1.807, 2.05) is 43.3 Å². The van der Waals surface area contributed by atoms with Gasteiger partial charge in [0.2, 0.25) is 11.8 Å². The molecule has 0 bridgehead atoms. The summed E-state index contributed by atoms with van der Waals surface area (Å²) in [7, 11) is 1.57. The molecule has 0 saturated carbocycles. The van der Waals surface area contributed by atoms with Crippen LogP contribution in [0.1, 0.15) is 12.2 Å². The minimum atomic E-state index is -0.415. The molecule has 138 valence electrons. The number of fused-ring (bicyclic) bond motifs is 1. The zero-order valence-electron chi connectivity index (χ0n) is 15.2. The molecule has 3 aromatic rings. The third-order valence-electron chi connectivity index (χ3n) is 4.74. The minimum absolute atomic E-state index is 0.0840. The molecule has 2 heterocycles. The number of aryl methyl sites for hydroxylation is 1. The number of hydrogen-bond donors (Lipinski definition) is 2. The van der Waals surface area contributed by atoms with Gasteiger partial charge in [-0.15, -0.1) is 0 Å². The minimum Gasteiger partial charge on any atom is -0.495 e. The summed E-state index contributed by atoms with van der Waals surface area (Å²) in [5.41, 5.74) is 3.08. The average Bonchev–Trinajstić information content (AvgIpc) is 3.23. The highest BCUT2D eigenvalue weighted by Crippen LogP contribution is 2.33. The van der Waals surface area contributed by atoms with Gasteiger partial charge in [0.05, 0.1) is 29.7 Å². The van der Waals surface area contributed by atoms with Gasteiger partial charge in [-0.05, 0) is 37.3 Å². The maximum absolute atomic E-state index is 12.7. The largest absolute Gasteiger partial charge is 0.495 e. The van der Waals surface area contributed by atoms with Crippen molar-refractivity contribution < 1.29 is 14.3 Å². The number of anilines is 2. The predicted octanol–water partition coefficient (Wildman–Crippen LogP) is 2.87. The first kappa shape index (κ1) is 17.1. The molecule has 27 heavy (non-hydrogen) atoms. The van der Waals surface area contributed by atoms with Gasteiger partial charge in [0.1, 0.15) is 11.6 Å². The molecule has 7 heteroatoms. The highest BCUT2D eigenvalue weighted by Gasteiger charge is 2.36. The van der Waals surface area contributed by atoms with Crippen LogP contribution in [-0.2, 0) is 9.59 Å². The van der Waals surface area contributed by atoms with Crippen molar-refractivity contribution in [2.45, 2.75) is 13.3 Å². The average molecular weight is 364 g/mol. The van der Waals surface area contributed by atoms with E-state index < -0.39 is 5.92 Å². The summed E-state index contributed by atoms with van der Waals surface area (Å²) in [5, 5.41) is 2.91. The van der Waals surface area contributed by atoms with Crippen LogP contribution in [0.2, 0.25) is 0 Å². The number of hydrogen-bond acceptors (Lipinski definition) is 4. The molecule has 2 amide bonds. The van der Waals surface area contributed by atoms with Crippen LogP contribution in [0.3, 0.4) is 0 Å². The molecule has 4 rings (SSSR count). The summed E-state index contributed by atoms with van der Waals surface area (Å²) in [5.74, 6) is 0.770. The van der Waals surface area contributed by atoms with E-state index >= 15 is 0 Å². The number of para-hydroxylation sites is 2. The highest BCUT2D eigenvalue weighted by molar-refractivity contribution is 6.04. The summed E-state index contributed by atoms with van der Waals surface area (Å²) in [6.45, 7) is 2.21. The number of benzene rings is 2. The van der Waals surface area contributed by atoms with Crippen LogP contribution in [0.15, 0.2) is 42.5 Å². The number of carbonyl (C=O) groups excluding carboxylic acids is 2. The molecule has 2 aromatic carbocycles. The van der Waals surface area contributed by atoms with Gasteiger partial charge in [-0.25, -0.2) is 4.98 Å². The zero-order valence-corrected chi connectivity index (χ0v) is 15.2. The number of nitrogens with one attached hydrogen (secondary N) is 2. The Bertz CT molecular complexity index is 1030. The van der Waals surface area contributed by atoms with Crippen molar-refractivity contribution in [3.8, 4) is 5.75 Å². The second-order valence-electron chi connectivity index (χ2n) is 6.62. The lowest BCUT2D eigenvalue weighted by Crippen LogP contribution is -2.28. The molecule has 2 N–H and O–H groups in total. The van der Waals surface area contributed by atoms with E-state index in [9.17, 15) is 9.59 Å². The summed E-state index contributed by atoms with van der Waals surface area (Å²) in [6.07, 6.45) is 0.176. The molecule has 0 unspecified atom stereocenters. The smallest absolute Gasteiger partial charge is 0.229 e. The van der Waals surface area contributed by atoms with E-state index in [1.54, 1.807) is 18.1 Å². The van der Waals surface area contributed by atoms with Crippen molar-refractivity contribution in [2.24, 2.45) is 5.92 Å². The van der Waals surface area contributed by atoms with E-state index in [-0.39, 0.29) is 18.2 Å². The molecule has 0 aliphatic carbocycles. The van der Waals surface area contributed by atoms with E-state index in [0.29, 0.717) is 23.7 Å². The second kappa shape index (κ2) is 6.75. The van der Waals surface area contributed by atoms with E-state index in [2.05, 4.69) is 15.3 Å². The van der Waals surface area contributed by atoms with Gasteiger partial charge in [-0.1, -0.05) is 12.1 Å². The molecular weight excluding hydrogens is 344 g/mol. The Labute approximate surface area is 156 Å². The fraction of sp³-hybridized carbons (Fsp3) is 0.250. The summed E-state index contributed by atoms with van der Waals surface area (Å²) < 4.78 is 5.34. The Morgan fingerprint density at radius 2 is 2.11 bits per heavy atom. The lowest BCUT2D eigenvalue weighted by Gasteiger charge is -2.19. The van der Waals surface area contributed by atoms with Crippen LogP contribution >= 0.6 is 0 Å². The van der Waals surface area contributed by atoms with Crippen LogP contribution in [0.25, 0.3) is 11.0 Å². The van der Waals surface area contributed by atoms with E-state index in [4.69, 9.17) is 4.74 Å². The number of methoxy groups -OCH3 is 1. The molecule has 7 nitrogen and oxygen atoms in total. The first-order valence-electron chi connectivity index (χ1n) is 8.76. The fourth-order valence-electron chi connectivity index (χ4n) is 3.43. The number of ether oxygens (including phenoxy) is 1. The molecular formula is C20H20N4O3. The van der Waals surface area contributed by atoms with Gasteiger partial charge in [-0.2, -0.15) is 0 Å². The van der Waals surface area contributed by atoms with Gasteiger partial charge in [0, 0.05) is 18.7 Å². The topological polar surface area (TPSA) is 87.3 Å². The van der Waals surface area contributed by atoms with Crippen LogP contribution in [-0.4, -0.2) is 35.4 Å². The Hall–Kier alpha value is -3.35. The number of carbonyl (C=O) groups is 2. The quantitative estimate of drug-likeness (QED) is 0.745. The van der Waals surface area contributed by atoms with Crippen LogP contribution in [0, 0.1) is 12.8 Å². The van der Waals surface area contributed by atoms with Gasteiger partial charge in [-0.3, -0.25) is 9.59 Å². The molecule has 1 aliphatic rings. The number of imidazole rings is 1. The van der Waals surface area contributed by atoms with Gasteiger partial charge in [0.25, 0.3) is 0 Å². The van der Waals surface area contributed by atoms with Crippen molar-refractivity contribution >= 4 is 34.2 Å². The maximum Gasteiger partial charge on any atom is 0.229 e. The van der Waals surface area contributed by atoms with E-state index in [1.165, 1.54) is 0 Å². The Balaban J connectivity index is 1.50. The number of aromatic nitrogens is 2. The Kier molecular flexibility index (Phi) is 4.27. The first-order valence-corrected chi connectivity index (χ1v) is 8.76. The number of amides is 2. The Morgan fingerprint density at radius 1 is 1.30 bits per heavy atom. The molecule has 1 atom stereocenters. The fourth-order valence-corrected chi connectivity index (χ4v) is 3.43. The summed E-state index contributed by atoms with van der Waals surface area (Å²) >= 11 is 0. The first-order chi connectivity index (χ1) is 13.0. The lowest BCUT2D eigenvalue weighted by molar-refractivity contribution is -0.122. The van der Waals surface area contributed by atoms with Gasteiger partial charge < -0.3 is 19.9 Å². The maximum atomic E-state index is 12.7. The third-order valence-corrected chi connectivity index (χ3v) is 4.74. The molecule has 1 saturated heterocycles. The monoisotopic (exact) mass is 364 g/mol. The zero-order chi connectivity index (χ0) is 19.0. The van der Waals surface area contributed by atoms with Crippen molar-refractivity contribution in [2.75, 3.05) is 23.9 Å². The lowest BCUT2D eigenvalue weighted by atomic mass is 10.1. The third kappa shape index (κ3) is 3.23. The van der Waals surface area contributed by atoms with Crippen molar-refractivity contribution in [3.05, 3.63) is 48.3 Å². The predicted molar refractivity (Wildman–Crippen MR) is 103 cm³/mol. The molecule has 0 radical (unpaired) electrons. The van der Waals surface area contributed by atoms with Crippen molar-refractivity contribution in [3.63, 3.8) is 0 Å². The van der Waals surface area contributed by atoms with Crippen molar-refractivity contribution in [1.29, 1.82) is 0 Å².